The summed E-state index contributed by atoms with van der Waals surface area (Å²) < 4.78 is 1.31. The molecule has 1 aromatic carbocycles. The monoisotopic (exact) mass is 291 g/mol. The summed E-state index contributed by atoms with van der Waals surface area (Å²) >= 11 is 1.95. The molecule has 1 aromatic heterocycles. The summed E-state index contributed by atoms with van der Waals surface area (Å²) in [7, 11) is 0. The van der Waals surface area contributed by atoms with Crippen molar-refractivity contribution >= 4 is 22.7 Å². The lowest BCUT2D eigenvalue weighted by molar-refractivity contribution is 0.286. The van der Waals surface area contributed by atoms with Crippen LogP contribution in [0.1, 0.15) is 0 Å². The molecular weight excluding hydrogens is 274 g/mol. The molecule has 106 valence electrons. The lowest BCUT2D eigenvalue weighted by atomic mass is 10.2. The van der Waals surface area contributed by atoms with Crippen molar-refractivity contribution in [3.63, 3.8) is 0 Å². The summed E-state index contributed by atoms with van der Waals surface area (Å²) in [6.07, 6.45) is 0. The van der Waals surface area contributed by atoms with E-state index in [4.69, 9.17) is 0 Å². The smallest absolute Gasteiger partial charge is 0.307 e. The van der Waals surface area contributed by atoms with Gasteiger partial charge in [-0.2, -0.15) is 11.8 Å². The molecule has 6 heteroatoms. The van der Waals surface area contributed by atoms with Crippen molar-refractivity contribution < 1.29 is 0 Å². The molecule has 3 rings (SSSR count). The van der Waals surface area contributed by atoms with Crippen LogP contribution in [0.2, 0.25) is 0 Å². The van der Waals surface area contributed by atoms with Gasteiger partial charge in [-0.3, -0.25) is 14.3 Å². The quantitative estimate of drug-likeness (QED) is 0.906. The van der Waals surface area contributed by atoms with Gasteiger partial charge < -0.3 is 4.98 Å². The topological polar surface area (TPSA) is 58.1 Å². The van der Waals surface area contributed by atoms with Gasteiger partial charge in [0, 0.05) is 37.7 Å². The molecule has 0 unspecified atom stereocenters. The largest absolute Gasteiger partial charge is 0.328 e. The average Bonchev–Trinajstić information content (AvgIpc) is 2.48. The molecule has 0 saturated carbocycles. The minimum absolute atomic E-state index is 0.198. The van der Waals surface area contributed by atoms with Gasteiger partial charge in [0.05, 0.1) is 10.9 Å². The molecule has 1 aliphatic rings. The van der Waals surface area contributed by atoms with E-state index in [1.807, 2.05) is 23.9 Å². The van der Waals surface area contributed by atoms with Crippen LogP contribution < -0.4 is 11.2 Å². The summed E-state index contributed by atoms with van der Waals surface area (Å²) in [6.45, 7) is 3.27. The Morgan fingerprint density at radius 1 is 1.10 bits per heavy atom. The fourth-order valence-electron chi connectivity index (χ4n) is 2.47. The molecule has 0 aliphatic carbocycles. The van der Waals surface area contributed by atoms with E-state index in [1.54, 1.807) is 12.1 Å². The fourth-order valence-corrected chi connectivity index (χ4v) is 3.45. The third-order valence-electron chi connectivity index (χ3n) is 3.63. The van der Waals surface area contributed by atoms with Crippen molar-refractivity contribution in [1.82, 2.24) is 14.5 Å². The Hall–Kier alpha value is -1.53. The van der Waals surface area contributed by atoms with E-state index in [1.165, 1.54) is 4.57 Å². The van der Waals surface area contributed by atoms with E-state index in [9.17, 15) is 9.59 Å². The number of rotatable bonds is 3. The number of hydrogen-bond donors (Lipinski definition) is 1. The fraction of sp³-hybridized carbons (Fsp3) is 0.429. The van der Waals surface area contributed by atoms with Gasteiger partial charge in [0.2, 0.25) is 0 Å². The van der Waals surface area contributed by atoms with Crippen molar-refractivity contribution in [3.8, 4) is 0 Å². The minimum atomic E-state index is -0.319. The number of aromatic nitrogens is 2. The Labute approximate surface area is 120 Å². The van der Waals surface area contributed by atoms with Gasteiger partial charge >= 0.3 is 5.69 Å². The first-order valence-corrected chi connectivity index (χ1v) is 7.93. The molecule has 1 fully saturated rings. The predicted molar refractivity (Wildman–Crippen MR) is 82.6 cm³/mol. The third-order valence-corrected chi connectivity index (χ3v) is 4.58. The highest BCUT2D eigenvalue weighted by Crippen LogP contribution is 2.08. The summed E-state index contributed by atoms with van der Waals surface area (Å²) in [5, 5.41) is 0.571. The summed E-state index contributed by atoms with van der Waals surface area (Å²) in [4.78, 5) is 29.4. The van der Waals surface area contributed by atoms with Crippen LogP contribution in [0.15, 0.2) is 33.9 Å². The lowest BCUT2D eigenvalue weighted by Crippen LogP contribution is -2.41. The van der Waals surface area contributed by atoms with Crippen LogP contribution in [0.4, 0.5) is 0 Å². The molecule has 20 heavy (non-hydrogen) atoms. The van der Waals surface area contributed by atoms with Gasteiger partial charge in [0.25, 0.3) is 5.56 Å². The molecule has 5 nitrogen and oxygen atoms in total. The second-order valence-corrected chi connectivity index (χ2v) is 6.11. The Morgan fingerprint density at radius 3 is 2.65 bits per heavy atom. The van der Waals surface area contributed by atoms with Gasteiger partial charge in [0.1, 0.15) is 0 Å². The third kappa shape index (κ3) is 2.66. The van der Waals surface area contributed by atoms with Crippen molar-refractivity contribution in [3.05, 3.63) is 45.1 Å². The minimum Gasteiger partial charge on any atom is -0.307 e. The number of nitrogens with one attached hydrogen (secondary N) is 1. The van der Waals surface area contributed by atoms with Gasteiger partial charge in [-0.25, -0.2) is 4.79 Å². The van der Waals surface area contributed by atoms with Crippen LogP contribution >= 0.6 is 11.8 Å². The van der Waals surface area contributed by atoms with Crippen LogP contribution in [0.25, 0.3) is 10.9 Å². The van der Waals surface area contributed by atoms with Crippen LogP contribution in [0, 0.1) is 0 Å². The number of aromatic amines is 1. The highest BCUT2D eigenvalue weighted by molar-refractivity contribution is 7.99. The summed E-state index contributed by atoms with van der Waals surface area (Å²) in [5.41, 5.74) is 0.0870. The van der Waals surface area contributed by atoms with Crippen LogP contribution in [0.3, 0.4) is 0 Å². The van der Waals surface area contributed by atoms with Crippen LogP contribution in [-0.2, 0) is 6.54 Å². The number of hydrogen-bond acceptors (Lipinski definition) is 4. The number of para-hydroxylation sites is 1. The predicted octanol–water partition coefficient (Wildman–Crippen LogP) is 0.739. The Morgan fingerprint density at radius 2 is 1.85 bits per heavy atom. The zero-order valence-corrected chi connectivity index (χ0v) is 12.0. The average molecular weight is 291 g/mol. The summed E-state index contributed by atoms with van der Waals surface area (Å²) in [5.74, 6) is 2.26. The van der Waals surface area contributed by atoms with Crippen molar-refractivity contribution in [1.29, 1.82) is 0 Å². The Balaban J connectivity index is 1.87. The van der Waals surface area contributed by atoms with Gasteiger partial charge in [-0.05, 0) is 12.1 Å². The lowest BCUT2D eigenvalue weighted by Gasteiger charge is -2.26. The summed E-state index contributed by atoms with van der Waals surface area (Å²) in [6, 6.07) is 7.13. The first kappa shape index (κ1) is 13.5. The van der Waals surface area contributed by atoms with E-state index in [-0.39, 0.29) is 11.2 Å². The molecule has 1 saturated heterocycles. The number of nitrogens with zero attached hydrogens (tertiary/aromatic N) is 2. The van der Waals surface area contributed by atoms with E-state index < -0.39 is 0 Å². The van der Waals surface area contributed by atoms with Gasteiger partial charge in [-0.15, -0.1) is 0 Å². The molecule has 1 N–H and O–H groups in total. The number of thioether (sulfide) groups is 1. The molecule has 1 aliphatic heterocycles. The van der Waals surface area contributed by atoms with E-state index >= 15 is 0 Å². The second-order valence-electron chi connectivity index (χ2n) is 4.89. The normalized spacial score (nSPS) is 16.6. The van der Waals surface area contributed by atoms with Crippen LogP contribution in [-0.4, -0.2) is 45.6 Å². The van der Waals surface area contributed by atoms with Gasteiger partial charge in [-0.1, -0.05) is 12.1 Å². The maximum absolute atomic E-state index is 12.3. The highest BCUT2D eigenvalue weighted by atomic mass is 32.2. The Bertz CT molecular complexity index is 716. The number of H-pyrrole nitrogens is 1. The first-order chi connectivity index (χ1) is 9.75. The van der Waals surface area contributed by atoms with Crippen molar-refractivity contribution in [2.24, 2.45) is 0 Å². The maximum atomic E-state index is 12.3. The van der Waals surface area contributed by atoms with Gasteiger partial charge in [0.15, 0.2) is 0 Å². The standard InChI is InChI=1S/C14H17N3O2S/c18-13-11-3-1-2-4-12(11)15-14(19)17(13)6-5-16-7-9-20-10-8-16/h1-4H,5-10H2,(H,15,19). The second kappa shape index (κ2) is 5.85. The molecule has 2 aromatic rings. The molecule has 0 amide bonds. The maximum Gasteiger partial charge on any atom is 0.328 e. The molecule has 0 atom stereocenters. The van der Waals surface area contributed by atoms with Crippen molar-refractivity contribution in [2.45, 2.75) is 6.54 Å². The molecule has 0 spiro atoms. The zero-order chi connectivity index (χ0) is 13.9. The van der Waals surface area contributed by atoms with Crippen molar-refractivity contribution in [2.75, 3.05) is 31.1 Å². The zero-order valence-electron chi connectivity index (χ0n) is 11.2. The number of fused-ring (bicyclic) bond motifs is 1. The van der Waals surface area contributed by atoms with E-state index in [0.717, 1.165) is 31.1 Å². The van der Waals surface area contributed by atoms with Crippen LogP contribution in [0.5, 0.6) is 0 Å². The SMILES string of the molecule is O=c1[nH]c2ccccc2c(=O)n1CCN1CCSCC1. The molecule has 0 radical (unpaired) electrons. The first-order valence-electron chi connectivity index (χ1n) is 6.78. The Kier molecular flexibility index (Phi) is 3.93. The molecular formula is C14H17N3O2S. The highest BCUT2D eigenvalue weighted by Gasteiger charge is 2.12. The van der Waals surface area contributed by atoms with E-state index in [2.05, 4.69) is 9.88 Å². The molecule has 2 heterocycles. The molecule has 0 bridgehead atoms. The van der Waals surface area contributed by atoms with E-state index in [0.29, 0.717) is 17.4 Å². The number of benzene rings is 1.